The summed E-state index contributed by atoms with van der Waals surface area (Å²) in [5, 5.41) is 0. The quantitative estimate of drug-likeness (QED) is 0.601. The Morgan fingerprint density at radius 1 is 1.36 bits per heavy atom. The van der Waals surface area contributed by atoms with Gasteiger partial charge in [0, 0.05) is 5.88 Å². The van der Waals surface area contributed by atoms with E-state index in [0.717, 1.165) is 12.5 Å². The van der Waals surface area contributed by atoms with Gasteiger partial charge in [-0.15, -0.1) is 11.6 Å². The van der Waals surface area contributed by atoms with Gasteiger partial charge in [-0.25, -0.2) is 0 Å². The number of hydrogen-bond acceptors (Lipinski definition) is 1. The summed E-state index contributed by atoms with van der Waals surface area (Å²) >= 11 is 5.54. The van der Waals surface area contributed by atoms with E-state index in [2.05, 4.69) is 6.92 Å². The van der Waals surface area contributed by atoms with Crippen molar-refractivity contribution < 1.29 is 4.74 Å². The number of rotatable bonds is 3. The molecule has 0 aromatic carbocycles. The zero-order valence-corrected chi connectivity index (χ0v) is 7.94. The van der Waals surface area contributed by atoms with Gasteiger partial charge >= 0.3 is 0 Å². The highest BCUT2D eigenvalue weighted by Gasteiger charge is 2.21. The normalized spacial score (nSPS) is 32.2. The van der Waals surface area contributed by atoms with E-state index in [1.165, 1.54) is 25.7 Å². The van der Waals surface area contributed by atoms with Crippen LogP contribution in [0.1, 0.15) is 32.6 Å². The Hall–Kier alpha value is 0.250. The maximum absolute atomic E-state index is 5.61. The van der Waals surface area contributed by atoms with Crippen LogP contribution in [-0.4, -0.2) is 18.6 Å². The topological polar surface area (TPSA) is 9.23 Å². The van der Waals surface area contributed by atoms with Crippen molar-refractivity contribution in [2.75, 3.05) is 12.5 Å². The summed E-state index contributed by atoms with van der Waals surface area (Å²) in [6.45, 7) is 2.99. The van der Waals surface area contributed by atoms with Gasteiger partial charge in [-0.05, 0) is 18.8 Å². The minimum Gasteiger partial charge on any atom is -0.377 e. The van der Waals surface area contributed by atoms with Crippen LogP contribution < -0.4 is 0 Å². The monoisotopic (exact) mass is 176 g/mol. The van der Waals surface area contributed by atoms with Gasteiger partial charge in [-0.3, -0.25) is 0 Å². The second-order valence-corrected chi connectivity index (χ2v) is 3.74. The van der Waals surface area contributed by atoms with Crippen molar-refractivity contribution in [3.05, 3.63) is 0 Å². The van der Waals surface area contributed by atoms with Gasteiger partial charge in [0.2, 0.25) is 0 Å². The van der Waals surface area contributed by atoms with Crippen LogP contribution in [-0.2, 0) is 4.74 Å². The van der Waals surface area contributed by atoms with Crippen molar-refractivity contribution in [2.24, 2.45) is 5.92 Å². The SMILES string of the molecule is CC1CCCCC1OCCCl. The molecule has 2 atom stereocenters. The van der Waals surface area contributed by atoms with Crippen LogP contribution in [0.5, 0.6) is 0 Å². The fourth-order valence-electron chi connectivity index (χ4n) is 1.73. The largest absolute Gasteiger partial charge is 0.377 e. The smallest absolute Gasteiger partial charge is 0.0605 e. The summed E-state index contributed by atoms with van der Waals surface area (Å²) in [6, 6.07) is 0. The summed E-state index contributed by atoms with van der Waals surface area (Å²) in [5.41, 5.74) is 0. The van der Waals surface area contributed by atoms with Gasteiger partial charge in [-0.2, -0.15) is 0 Å². The molecule has 1 aliphatic rings. The number of halogens is 1. The highest BCUT2D eigenvalue weighted by Crippen LogP contribution is 2.25. The van der Waals surface area contributed by atoms with Gasteiger partial charge in [0.25, 0.3) is 0 Å². The van der Waals surface area contributed by atoms with Crippen LogP contribution >= 0.6 is 11.6 Å². The van der Waals surface area contributed by atoms with Crippen molar-refractivity contribution in [3.8, 4) is 0 Å². The average Bonchev–Trinajstić information content (AvgIpc) is 2.03. The summed E-state index contributed by atoms with van der Waals surface area (Å²) in [7, 11) is 0. The first-order valence-corrected chi connectivity index (χ1v) is 5.05. The Labute approximate surface area is 74.1 Å². The molecule has 66 valence electrons. The molecule has 0 amide bonds. The van der Waals surface area contributed by atoms with E-state index in [0.29, 0.717) is 12.0 Å². The zero-order valence-electron chi connectivity index (χ0n) is 7.18. The predicted molar refractivity (Wildman–Crippen MR) is 48.1 cm³/mol. The molecule has 0 N–H and O–H groups in total. The molecule has 2 unspecified atom stereocenters. The molecule has 0 aromatic heterocycles. The Bertz CT molecular complexity index is 106. The molecular formula is C9H17ClO. The minimum atomic E-state index is 0.488. The van der Waals surface area contributed by atoms with E-state index in [1.54, 1.807) is 0 Å². The summed E-state index contributed by atoms with van der Waals surface area (Å²) in [5.74, 6) is 1.37. The molecule has 2 heteroatoms. The van der Waals surface area contributed by atoms with E-state index in [9.17, 15) is 0 Å². The van der Waals surface area contributed by atoms with Crippen LogP contribution in [0.2, 0.25) is 0 Å². The summed E-state index contributed by atoms with van der Waals surface area (Å²) in [4.78, 5) is 0. The first kappa shape index (κ1) is 9.34. The highest BCUT2D eigenvalue weighted by atomic mass is 35.5. The standard InChI is InChI=1S/C9H17ClO/c1-8-4-2-3-5-9(8)11-7-6-10/h8-9H,2-7H2,1H3. The maximum atomic E-state index is 5.61. The fraction of sp³-hybridized carbons (Fsp3) is 1.00. The number of alkyl halides is 1. The molecule has 0 radical (unpaired) electrons. The zero-order chi connectivity index (χ0) is 8.10. The predicted octanol–water partition coefficient (Wildman–Crippen LogP) is 2.82. The van der Waals surface area contributed by atoms with Crippen LogP contribution in [0.3, 0.4) is 0 Å². The van der Waals surface area contributed by atoms with Crippen molar-refractivity contribution >= 4 is 11.6 Å². The lowest BCUT2D eigenvalue weighted by molar-refractivity contribution is 0.00308. The van der Waals surface area contributed by atoms with E-state index in [4.69, 9.17) is 16.3 Å². The van der Waals surface area contributed by atoms with Crippen LogP contribution in [0.15, 0.2) is 0 Å². The lowest BCUT2D eigenvalue weighted by Crippen LogP contribution is -2.26. The second kappa shape index (κ2) is 5.00. The first-order valence-electron chi connectivity index (χ1n) is 4.52. The molecule has 1 nitrogen and oxygen atoms in total. The number of ether oxygens (including phenoxy) is 1. The van der Waals surface area contributed by atoms with Crippen LogP contribution in [0.4, 0.5) is 0 Å². The van der Waals surface area contributed by atoms with Crippen molar-refractivity contribution in [1.82, 2.24) is 0 Å². The highest BCUT2D eigenvalue weighted by molar-refractivity contribution is 6.17. The van der Waals surface area contributed by atoms with E-state index in [-0.39, 0.29) is 0 Å². The molecular weight excluding hydrogens is 160 g/mol. The molecule has 0 spiro atoms. The summed E-state index contributed by atoms with van der Waals surface area (Å²) < 4.78 is 5.61. The fourth-order valence-corrected chi connectivity index (χ4v) is 1.81. The van der Waals surface area contributed by atoms with Gasteiger partial charge < -0.3 is 4.74 Å². The molecule has 0 aliphatic heterocycles. The van der Waals surface area contributed by atoms with Crippen LogP contribution in [0.25, 0.3) is 0 Å². The average molecular weight is 177 g/mol. The van der Waals surface area contributed by atoms with E-state index in [1.807, 2.05) is 0 Å². The Morgan fingerprint density at radius 3 is 2.73 bits per heavy atom. The maximum Gasteiger partial charge on any atom is 0.0605 e. The van der Waals surface area contributed by atoms with Crippen molar-refractivity contribution in [1.29, 1.82) is 0 Å². The van der Waals surface area contributed by atoms with Crippen molar-refractivity contribution in [2.45, 2.75) is 38.7 Å². The number of hydrogen-bond donors (Lipinski definition) is 0. The third-order valence-electron chi connectivity index (χ3n) is 2.44. The molecule has 0 bridgehead atoms. The first-order chi connectivity index (χ1) is 5.34. The Kier molecular flexibility index (Phi) is 4.24. The third-order valence-corrected chi connectivity index (χ3v) is 2.60. The second-order valence-electron chi connectivity index (χ2n) is 3.36. The molecule has 11 heavy (non-hydrogen) atoms. The minimum absolute atomic E-state index is 0.488. The Morgan fingerprint density at radius 2 is 2.09 bits per heavy atom. The molecule has 0 saturated heterocycles. The molecule has 0 heterocycles. The van der Waals surface area contributed by atoms with Gasteiger partial charge in [-0.1, -0.05) is 19.8 Å². The molecule has 1 aliphatic carbocycles. The molecule has 1 saturated carbocycles. The lowest BCUT2D eigenvalue weighted by Gasteiger charge is -2.28. The molecule has 1 rings (SSSR count). The molecule has 1 fully saturated rings. The van der Waals surface area contributed by atoms with Crippen LogP contribution in [0, 0.1) is 5.92 Å². The molecule has 0 aromatic rings. The van der Waals surface area contributed by atoms with Gasteiger partial charge in [0.05, 0.1) is 12.7 Å². The summed E-state index contributed by atoms with van der Waals surface area (Å²) in [6.07, 6.45) is 5.76. The van der Waals surface area contributed by atoms with Gasteiger partial charge in [0.15, 0.2) is 0 Å². The third kappa shape index (κ3) is 3.00. The van der Waals surface area contributed by atoms with E-state index < -0.39 is 0 Å². The van der Waals surface area contributed by atoms with Gasteiger partial charge in [0.1, 0.15) is 0 Å². The van der Waals surface area contributed by atoms with Crippen molar-refractivity contribution in [3.63, 3.8) is 0 Å². The lowest BCUT2D eigenvalue weighted by atomic mass is 9.88. The van der Waals surface area contributed by atoms with E-state index >= 15 is 0 Å². The Balaban J connectivity index is 2.18.